The number of aromatic nitrogens is 4. The van der Waals surface area contributed by atoms with E-state index >= 15 is 0 Å². The Hall–Kier alpha value is -3.77. The average molecular weight is 463 g/mol. The Labute approximate surface area is 185 Å². The summed E-state index contributed by atoms with van der Waals surface area (Å²) in [5.74, 6) is -0.428. The number of nitrogens with zero attached hydrogens (tertiary/aromatic N) is 5. The maximum atomic E-state index is 12.8. The zero-order valence-corrected chi connectivity index (χ0v) is 17.5. The number of imidazole rings is 1. The first-order valence-electron chi connectivity index (χ1n) is 10.2. The predicted molar refractivity (Wildman–Crippen MR) is 109 cm³/mol. The lowest BCUT2D eigenvalue weighted by Gasteiger charge is -2.58. The summed E-state index contributed by atoms with van der Waals surface area (Å²) in [6.07, 6.45) is 2.76. The Balaban J connectivity index is 1.08. The van der Waals surface area contributed by atoms with Crippen molar-refractivity contribution in [1.82, 2.24) is 29.4 Å². The summed E-state index contributed by atoms with van der Waals surface area (Å²) in [6, 6.07) is 1.74. The van der Waals surface area contributed by atoms with E-state index in [-0.39, 0.29) is 23.2 Å². The predicted octanol–water partition coefficient (Wildman–Crippen LogP) is 2.39. The van der Waals surface area contributed by atoms with Crippen LogP contribution < -0.4 is 15.4 Å². The zero-order chi connectivity index (χ0) is 23.4. The van der Waals surface area contributed by atoms with Crippen molar-refractivity contribution >= 4 is 23.4 Å². The molecule has 3 amide bonds. The number of rotatable bonds is 4. The van der Waals surface area contributed by atoms with Crippen LogP contribution >= 0.6 is 0 Å². The number of fused-ring (bicyclic) bond motifs is 1. The average Bonchev–Trinajstić information content (AvgIpc) is 3.26. The van der Waals surface area contributed by atoms with Crippen molar-refractivity contribution in [2.75, 3.05) is 18.4 Å². The molecular weight excluding hydrogens is 443 g/mol. The van der Waals surface area contributed by atoms with Gasteiger partial charge in [0.15, 0.2) is 0 Å². The van der Waals surface area contributed by atoms with Crippen LogP contribution in [0.1, 0.15) is 23.2 Å². The van der Waals surface area contributed by atoms with Gasteiger partial charge in [0, 0.05) is 44.0 Å². The molecule has 2 aliphatic rings. The number of anilines is 1. The van der Waals surface area contributed by atoms with Crippen molar-refractivity contribution in [2.45, 2.75) is 25.2 Å². The second-order valence-corrected chi connectivity index (χ2v) is 8.53. The van der Waals surface area contributed by atoms with Crippen molar-refractivity contribution in [3.8, 4) is 5.75 Å². The lowest BCUT2D eigenvalue weighted by molar-refractivity contribution is -0.274. The van der Waals surface area contributed by atoms with Gasteiger partial charge in [-0.15, -0.1) is 13.2 Å². The third kappa shape index (κ3) is 4.05. The van der Waals surface area contributed by atoms with Gasteiger partial charge in [0.1, 0.15) is 22.8 Å². The number of urea groups is 1. The quantitative estimate of drug-likeness (QED) is 0.618. The number of ether oxygens (including phenoxy) is 1. The number of carbonyl (C=O) groups excluding carboxylic acids is 2. The second kappa shape index (κ2) is 7.39. The minimum absolute atomic E-state index is 0.00290. The van der Waals surface area contributed by atoms with Crippen LogP contribution in [0, 0.1) is 5.41 Å². The van der Waals surface area contributed by atoms with Gasteiger partial charge in [-0.2, -0.15) is 5.10 Å². The molecule has 1 saturated carbocycles. The first kappa shape index (κ1) is 21.1. The molecule has 33 heavy (non-hydrogen) atoms. The van der Waals surface area contributed by atoms with Crippen molar-refractivity contribution in [1.29, 1.82) is 0 Å². The standard InChI is InChI=1S/C20H20F3N7O3/c1-28-4-5-30-16(28)14(9-25-30)17(31)29-10-19(11-29)6-12(7-19)26-18(32)27-15-3-2-13(8-24-15)33-20(21,22)23/h2-5,8-9,12H,6-7,10-11H2,1H3,(H2,24,26,27,32). The Morgan fingerprint density at radius 2 is 1.94 bits per heavy atom. The first-order chi connectivity index (χ1) is 15.6. The van der Waals surface area contributed by atoms with Gasteiger partial charge in [-0.25, -0.2) is 14.3 Å². The van der Waals surface area contributed by atoms with E-state index < -0.39 is 18.1 Å². The fourth-order valence-corrected chi connectivity index (χ4v) is 4.61. The van der Waals surface area contributed by atoms with Gasteiger partial charge >= 0.3 is 12.4 Å². The van der Waals surface area contributed by atoms with Crippen LogP contribution in [0.2, 0.25) is 0 Å². The molecule has 5 rings (SSSR count). The summed E-state index contributed by atoms with van der Waals surface area (Å²) in [5, 5.41) is 9.51. The van der Waals surface area contributed by atoms with Crippen LogP contribution in [-0.2, 0) is 7.05 Å². The third-order valence-electron chi connectivity index (χ3n) is 6.01. The second-order valence-electron chi connectivity index (χ2n) is 8.53. The van der Waals surface area contributed by atoms with E-state index in [1.165, 1.54) is 6.07 Å². The number of aryl methyl sites for hydroxylation is 1. The summed E-state index contributed by atoms with van der Waals surface area (Å²) < 4.78 is 43.8. The SMILES string of the molecule is Cn1ccn2ncc(C(=O)N3CC4(CC(NC(=O)Nc5ccc(OC(F)(F)F)cn5)C4)C3)c12. The largest absolute Gasteiger partial charge is 0.573 e. The van der Waals surface area contributed by atoms with E-state index in [0.717, 1.165) is 30.8 Å². The molecule has 0 atom stereocenters. The molecule has 2 N–H and O–H groups in total. The fraction of sp³-hybridized carbons (Fsp3) is 0.400. The molecule has 174 valence electrons. The molecule has 2 fully saturated rings. The van der Waals surface area contributed by atoms with Crippen molar-refractivity contribution in [2.24, 2.45) is 12.5 Å². The summed E-state index contributed by atoms with van der Waals surface area (Å²) in [5.41, 5.74) is 1.31. The minimum atomic E-state index is -4.80. The van der Waals surface area contributed by atoms with Gasteiger partial charge < -0.3 is 19.5 Å². The number of likely N-dealkylation sites (tertiary alicyclic amines) is 1. The molecule has 10 nitrogen and oxygen atoms in total. The smallest absolute Gasteiger partial charge is 0.404 e. The molecule has 3 aromatic rings. The number of pyridine rings is 1. The van der Waals surface area contributed by atoms with Crippen molar-refractivity contribution in [3.05, 3.63) is 42.5 Å². The molecule has 3 aromatic heterocycles. The molecule has 13 heteroatoms. The molecule has 0 aromatic carbocycles. The highest BCUT2D eigenvalue weighted by atomic mass is 19.4. The van der Waals surface area contributed by atoms with Gasteiger partial charge in [0.05, 0.1) is 12.4 Å². The van der Waals surface area contributed by atoms with E-state index in [2.05, 4.69) is 25.5 Å². The van der Waals surface area contributed by atoms with Gasteiger partial charge in [-0.05, 0) is 25.0 Å². The van der Waals surface area contributed by atoms with Crippen LogP contribution in [0.5, 0.6) is 5.75 Å². The van der Waals surface area contributed by atoms with Gasteiger partial charge in [0.25, 0.3) is 5.91 Å². The lowest BCUT2D eigenvalue weighted by atomic mass is 9.60. The summed E-state index contributed by atoms with van der Waals surface area (Å²) in [4.78, 5) is 30.5. The highest BCUT2D eigenvalue weighted by molar-refractivity contribution is 6.00. The summed E-state index contributed by atoms with van der Waals surface area (Å²) in [7, 11) is 1.86. The Bertz CT molecular complexity index is 1200. The number of hydrogen-bond donors (Lipinski definition) is 2. The topological polar surface area (TPSA) is 106 Å². The maximum absolute atomic E-state index is 12.8. The molecule has 1 saturated heterocycles. The monoisotopic (exact) mass is 463 g/mol. The number of alkyl halides is 3. The van der Waals surface area contributed by atoms with Gasteiger partial charge in [-0.3, -0.25) is 10.1 Å². The Morgan fingerprint density at radius 3 is 2.61 bits per heavy atom. The first-order valence-corrected chi connectivity index (χ1v) is 10.2. The van der Waals surface area contributed by atoms with Crippen LogP contribution in [0.4, 0.5) is 23.8 Å². The highest BCUT2D eigenvalue weighted by Crippen LogP contribution is 2.48. The molecule has 4 heterocycles. The molecule has 0 radical (unpaired) electrons. The molecule has 1 aliphatic carbocycles. The van der Waals surface area contributed by atoms with Gasteiger partial charge in [-0.1, -0.05) is 0 Å². The minimum Gasteiger partial charge on any atom is -0.404 e. The van der Waals surface area contributed by atoms with E-state index in [1.54, 1.807) is 21.8 Å². The number of nitrogens with one attached hydrogen (secondary N) is 2. The molecule has 0 bridgehead atoms. The number of halogens is 3. The third-order valence-corrected chi connectivity index (χ3v) is 6.01. The summed E-state index contributed by atoms with van der Waals surface area (Å²) >= 11 is 0. The van der Waals surface area contributed by atoms with Gasteiger partial charge in [0.2, 0.25) is 0 Å². The van der Waals surface area contributed by atoms with E-state index in [4.69, 9.17) is 0 Å². The lowest BCUT2D eigenvalue weighted by Crippen LogP contribution is -2.67. The molecule has 1 aliphatic heterocycles. The Kier molecular flexibility index (Phi) is 4.72. The van der Waals surface area contributed by atoms with E-state index in [9.17, 15) is 22.8 Å². The van der Waals surface area contributed by atoms with Crippen LogP contribution in [-0.4, -0.2) is 61.5 Å². The van der Waals surface area contributed by atoms with E-state index in [0.29, 0.717) is 18.7 Å². The molecule has 0 unspecified atom stereocenters. The summed E-state index contributed by atoms with van der Waals surface area (Å²) in [6.45, 7) is 1.24. The molecular formula is C20H20F3N7O3. The van der Waals surface area contributed by atoms with Crippen LogP contribution in [0.3, 0.4) is 0 Å². The van der Waals surface area contributed by atoms with Crippen molar-refractivity contribution in [3.63, 3.8) is 0 Å². The number of amides is 3. The van der Waals surface area contributed by atoms with Crippen LogP contribution in [0.15, 0.2) is 36.9 Å². The highest BCUT2D eigenvalue weighted by Gasteiger charge is 2.54. The number of hydrogen-bond acceptors (Lipinski definition) is 5. The van der Waals surface area contributed by atoms with E-state index in [1.807, 2.05) is 17.8 Å². The molecule has 1 spiro atoms. The maximum Gasteiger partial charge on any atom is 0.573 e. The fourth-order valence-electron chi connectivity index (χ4n) is 4.61. The zero-order valence-electron chi connectivity index (χ0n) is 17.5. The Morgan fingerprint density at radius 1 is 1.18 bits per heavy atom. The van der Waals surface area contributed by atoms with Crippen LogP contribution in [0.25, 0.3) is 5.65 Å². The van der Waals surface area contributed by atoms with Crippen molar-refractivity contribution < 1.29 is 27.5 Å². The number of carbonyl (C=O) groups is 2. The normalized spacial score (nSPS) is 17.5.